The first-order valence-corrected chi connectivity index (χ1v) is 12.7. The molecule has 0 radical (unpaired) electrons. The highest BCUT2D eigenvalue weighted by Gasteiger charge is 2.41. The fourth-order valence-electron chi connectivity index (χ4n) is 3.44. The van der Waals surface area contributed by atoms with Gasteiger partial charge in [0.25, 0.3) is 17.7 Å². The summed E-state index contributed by atoms with van der Waals surface area (Å²) in [5.41, 5.74) is 1.66. The first-order valence-electron chi connectivity index (χ1n) is 9.57. The minimum atomic E-state index is -0.471. The van der Waals surface area contributed by atoms with Crippen LogP contribution in [0.25, 0.3) is 0 Å². The number of carbonyl (C=O) groups excluding carboxylic acids is 3. The molecule has 1 aliphatic heterocycles. The van der Waals surface area contributed by atoms with E-state index in [-0.39, 0.29) is 17.0 Å². The highest BCUT2D eigenvalue weighted by atomic mass is 79.9. The molecule has 1 N–H and O–H groups in total. The van der Waals surface area contributed by atoms with Gasteiger partial charge in [-0.2, -0.15) is 0 Å². The number of anilines is 2. The predicted octanol–water partition coefficient (Wildman–Crippen LogP) is 6.81. The van der Waals surface area contributed by atoms with Gasteiger partial charge in [0, 0.05) is 29.5 Å². The molecular weight excluding hydrogens is 704 g/mol. The molecule has 3 amide bonds. The van der Waals surface area contributed by atoms with E-state index in [0.29, 0.717) is 46.3 Å². The zero-order chi connectivity index (χ0) is 24.7. The number of nitrogens with zero attached hydrogens (tertiary/aromatic N) is 1. The Hall–Kier alpha value is -2.21. The lowest BCUT2D eigenvalue weighted by Crippen LogP contribution is -2.29. The van der Waals surface area contributed by atoms with E-state index < -0.39 is 11.8 Å². The van der Waals surface area contributed by atoms with Crippen molar-refractivity contribution in [3.05, 3.63) is 77.0 Å². The Kier molecular flexibility index (Phi) is 7.18. The van der Waals surface area contributed by atoms with Crippen LogP contribution in [0.2, 0.25) is 0 Å². The number of nitrogens with one attached hydrogen (secondary N) is 1. The van der Waals surface area contributed by atoms with Gasteiger partial charge < -0.3 is 14.8 Å². The van der Waals surface area contributed by atoms with E-state index >= 15 is 0 Å². The number of ether oxygens (including phenoxy) is 2. The molecule has 11 heteroatoms. The summed E-state index contributed by atoms with van der Waals surface area (Å²) in [7, 11) is 3.03. The average molecular weight is 718 g/mol. The first kappa shape index (κ1) is 24.9. The maximum atomic E-state index is 13.1. The van der Waals surface area contributed by atoms with Crippen LogP contribution in [-0.2, 0) is 0 Å². The Balaban J connectivity index is 1.60. The number of methoxy groups -OCH3 is 2. The van der Waals surface area contributed by atoms with Gasteiger partial charge in [0.2, 0.25) is 0 Å². The third-order valence-corrected chi connectivity index (χ3v) is 9.91. The average Bonchev–Trinajstić information content (AvgIpc) is 3.11. The van der Waals surface area contributed by atoms with Crippen molar-refractivity contribution >= 4 is 92.8 Å². The van der Waals surface area contributed by atoms with E-state index in [0.717, 1.165) is 4.90 Å². The van der Waals surface area contributed by atoms with Crippen LogP contribution in [0.3, 0.4) is 0 Å². The SMILES string of the molecule is COc1ccc(NC(=O)c2ccc(N3C(=O)c4c(Br)c(Br)c(Br)c(Br)c4C3=O)cc2)c(OC)c1. The third-order valence-electron chi connectivity index (χ3n) is 5.15. The molecule has 4 rings (SSSR count). The highest BCUT2D eigenvalue weighted by Crippen LogP contribution is 2.46. The van der Waals surface area contributed by atoms with Gasteiger partial charge in [0.1, 0.15) is 11.5 Å². The molecule has 0 atom stereocenters. The largest absolute Gasteiger partial charge is 0.497 e. The lowest BCUT2D eigenvalue weighted by atomic mass is 10.1. The number of fused-ring (bicyclic) bond motifs is 1. The smallest absolute Gasteiger partial charge is 0.267 e. The van der Waals surface area contributed by atoms with Crippen molar-refractivity contribution in [1.82, 2.24) is 0 Å². The van der Waals surface area contributed by atoms with Crippen molar-refractivity contribution in [3.63, 3.8) is 0 Å². The topological polar surface area (TPSA) is 84.9 Å². The van der Waals surface area contributed by atoms with Gasteiger partial charge in [-0.1, -0.05) is 0 Å². The first-order chi connectivity index (χ1) is 16.2. The minimum absolute atomic E-state index is 0.250. The number of halogens is 4. The molecule has 0 saturated carbocycles. The highest BCUT2D eigenvalue weighted by molar-refractivity contribution is 9.15. The maximum Gasteiger partial charge on any atom is 0.267 e. The van der Waals surface area contributed by atoms with Gasteiger partial charge in [-0.25, -0.2) is 4.90 Å². The van der Waals surface area contributed by atoms with E-state index in [1.807, 2.05) is 0 Å². The summed E-state index contributed by atoms with van der Waals surface area (Å²) in [5, 5.41) is 2.79. The molecular formula is C23H14Br4N2O5. The standard InChI is InChI=1S/C23H14Br4N2O5/c1-33-12-7-8-13(14(9-12)34-2)28-21(30)10-3-5-11(6-4-10)29-22(31)15-16(23(29)32)18(25)20(27)19(26)17(15)24/h3-9H,1-2H3,(H,28,30). The molecule has 3 aromatic carbocycles. The number of hydrogen-bond donors (Lipinski definition) is 1. The summed E-state index contributed by atoms with van der Waals surface area (Å²) in [5.74, 6) is -0.279. The van der Waals surface area contributed by atoms with Crippen molar-refractivity contribution in [2.45, 2.75) is 0 Å². The second kappa shape index (κ2) is 9.80. The summed E-state index contributed by atoms with van der Waals surface area (Å²) in [6.45, 7) is 0. The molecule has 174 valence electrons. The number of hydrogen-bond acceptors (Lipinski definition) is 5. The van der Waals surface area contributed by atoms with Crippen LogP contribution in [0.15, 0.2) is 60.4 Å². The minimum Gasteiger partial charge on any atom is -0.497 e. The molecule has 0 aromatic heterocycles. The zero-order valence-corrected chi connectivity index (χ0v) is 23.9. The summed E-state index contributed by atoms with van der Waals surface area (Å²) >= 11 is 13.6. The van der Waals surface area contributed by atoms with Gasteiger partial charge in [-0.05, 0) is 100 Å². The molecule has 0 unspecified atom stereocenters. The molecule has 0 aliphatic carbocycles. The van der Waals surface area contributed by atoms with Crippen molar-refractivity contribution in [1.29, 1.82) is 0 Å². The lowest BCUT2D eigenvalue weighted by Gasteiger charge is -2.15. The van der Waals surface area contributed by atoms with Crippen LogP contribution >= 0.6 is 63.7 Å². The Bertz CT molecular complexity index is 1310. The number of benzene rings is 3. The Morgan fingerprint density at radius 2 is 1.35 bits per heavy atom. The van der Waals surface area contributed by atoms with Gasteiger partial charge in [0.15, 0.2) is 0 Å². The van der Waals surface area contributed by atoms with Crippen LogP contribution in [0.5, 0.6) is 11.5 Å². The lowest BCUT2D eigenvalue weighted by molar-refractivity contribution is 0.0925. The van der Waals surface area contributed by atoms with Gasteiger partial charge in [-0.3, -0.25) is 14.4 Å². The molecule has 3 aromatic rings. The number of carbonyl (C=O) groups is 3. The van der Waals surface area contributed by atoms with Crippen molar-refractivity contribution < 1.29 is 23.9 Å². The molecule has 1 aliphatic rings. The predicted molar refractivity (Wildman–Crippen MR) is 142 cm³/mol. The van der Waals surface area contributed by atoms with E-state index in [4.69, 9.17) is 9.47 Å². The molecule has 34 heavy (non-hydrogen) atoms. The van der Waals surface area contributed by atoms with E-state index in [9.17, 15) is 14.4 Å². The van der Waals surface area contributed by atoms with Crippen molar-refractivity contribution in [2.75, 3.05) is 24.4 Å². The fourth-order valence-corrected chi connectivity index (χ4v) is 5.90. The zero-order valence-electron chi connectivity index (χ0n) is 17.5. The van der Waals surface area contributed by atoms with Crippen molar-refractivity contribution in [2.24, 2.45) is 0 Å². The Morgan fingerprint density at radius 1 is 0.794 bits per heavy atom. The molecule has 0 bridgehead atoms. The quantitative estimate of drug-likeness (QED) is 0.178. The number of rotatable bonds is 5. The molecule has 0 fully saturated rings. The van der Waals surface area contributed by atoms with Crippen LogP contribution in [-0.4, -0.2) is 31.9 Å². The number of amides is 3. The maximum absolute atomic E-state index is 13.1. The molecule has 1 heterocycles. The third kappa shape index (κ3) is 4.19. The normalized spacial score (nSPS) is 12.6. The van der Waals surface area contributed by atoms with E-state index in [1.54, 1.807) is 42.5 Å². The summed E-state index contributed by atoms with van der Waals surface area (Å²) in [4.78, 5) is 40.1. The van der Waals surface area contributed by atoms with Gasteiger partial charge >= 0.3 is 0 Å². The van der Waals surface area contributed by atoms with Crippen LogP contribution in [0.1, 0.15) is 31.1 Å². The molecule has 7 nitrogen and oxygen atoms in total. The van der Waals surface area contributed by atoms with Gasteiger partial charge in [0.05, 0.1) is 36.7 Å². The monoisotopic (exact) mass is 714 g/mol. The molecule has 0 spiro atoms. The van der Waals surface area contributed by atoms with Gasteiger partial charge in [-0.15, -0.1) is 0 Å². The summed E-state index contributed by atoms with van der Waals surface area (Å²) < 4.78 is 12.7. The second-order valence-corrected chi connectivity index (χ2v) is 10.2. The summed E-state index contributed by atoms with van der Waals surface area (Å²) in [6, 6.07) is 11.2. The Morgan fingerprint density at radius 3 is 1.85 bits per heavy atom. The van der Waals surface area contributed by atoms with Crippen molar-refractivity contribution in [3.8, 4) is 11.5 Å². The summed E-state index contributed by atoms with van der Waals surface area (Å²) in [6.07, 6.45) is 0. The Labute approximate surface area is 228 Å². The van der Waals surface area contributed by atoms with E-state index in [2.05, 4.69) is 69.0 Å². The second-order valence-electron chi connectivity index (χ2n) is 7.02. The number of imide groups is 1. The fraction of sp³-hybridized carbons (Fsp3) is 0.0870. The van der Waals surface area contributed by atoms with E-state index in [1.165, 1.54) is 14.2 Å². The van der Waals surface area contributed by atoms with Crippen LogP contribution in [0.4, 0.5) is 11.4 Å². The van der Waals surface area contributed by atoms with Crippen LogP contribution in [0, 0.1) is 0 Å². The molecule has 0 saturated heterocycles. The van der Waals surface area contributed by atoms with Crippen LogP contribution < -0.4 is 19.7 Å².